The van der Waals surface area contributed by atoms with Crippen LogP contribution in [0.1, 0.15) is 0 Å². The van der Waals surface area contributed by atoms with Gasteiger partial charge in [-0.25, -0.2) is 0 Å². The molecule has 0 amide bonds. The van der Waals surface area contributed by atoms with Gasteiger partial charge in [0.2, 0.25) is 0 Å². The first-order chi connectivity index (χ1) is 4.24. The molecule has 0 unspecified atom stereocenters. The van der Waals surface area contributed by atoms with Crippen molar-refractivity contribution in [2.45, 2.75) is 0 Å². The van der Waals surface area contributed by atoms with Crippen molar-refractivity contribution in [2.75, 3.05) is 0 Å². The van der Waals surface area contributed by atoms with Crippen LogP contribution in [0.3, 0.4) is 0 Å². The summed E-state index contributed by atoms with van der Waals surface area (Å²) in [6, 6.07) is 0. The summed E-state index contributed by atoms with van der Waals surface area (Å²) in [5.41, 5.74) is 0. The average Bonchev–Trinajstić information content (AvgIpc) is 1.70. The second-order valence-corrected chi connectivity index (χ2v) is 13.8. The zero-order valence-corrected chi connectivity index (χ0v) is 15.5. The Hall–Kier alpha value is 4.45. The van der Waals surface area contributed by atoms with Gasteiger partial charge in [-0.3, -0.25) is 0 Å². The molecule has 0 N–H and O–H groups in total. The van der Waals surface area contributed by atoms with Crippen molar-refractivity contribution in [3.63, 3.8) is 0 Å². The van der Waals surface area contributed by atoms with Gasteiger partial charge in [0, 0.05) is 0 Å². The number of rotatable bonds is 0. The number of halogens is 6. The zero-order valence-electron chi connectivity index (χ0n) is 3.77. The van der Waals surface area contributed by atoms with Crippen molar-refractivity contribution in [2.24, 2.45) is 0 Å². The first-order valence-electron chi connectivity index (χ1n) is 1.13. The minimum absolute atomic E-state index is 0.215. The van der Waals surface area contributed by atoms with Crippen LogP contribution >= 0.6 is 67.4 Å². The molecule has 0 aliphatic carbocycles. The monoisotopic (exact) mass is 486 g/mol. The summed E-state index contributed by atoms with van der Waals surface area (Å²) in [5, 5.41) is 0. The maximum atomic E-state index is 5.04. The van der Waals surface area contributed by atoms with Crippen molar-refractivity contribution >= 4 is 67.4 Å². The Morgan fingerprint density at radius 3 is 0.667 bits per heavy atom. The SMILES string of the molecule is [Cl][Ti][Br].[Cl][Ti][Br].[Cl][Ti][Br]. The molecule has 0 radical (unpaired) electrons. The quantitative estimate of drug-likeness (QED) is 0.437. The average molecular weight is 490 g/mol. The molecule has 0 aromatic carbocycles. The van der Waals surface area contributed by atoms with E-state index in [0.29, 0.717) is 0 Å². The van der Waals surface area contributed by atoms with E-state index in [1.54, 1.807) is 0 Å². The Kier molecular flexibility index (Phi) is 62.4. The fraction of sp³-hybridized carbons (Fsp3) is 0. The van der Waals surface area contributed by atoms with Gasteiger partial charge in [-0.15, -0.1) is 0 Å². The van der Waals surface area contributed by atoms with Crippen LogP contribution in [0.4, 0.5) is 0 Å². The molecule has 0 fully saturated rings. The van der Waals surface area contributed by atoms with E-state index < -0.39 is 0 Å². The number of hydrogen-bond donors (Lipinski definition) is 0. The molecular formula is Br3Cl3Ti3. The van der Waals surface area contributed by atoms with Gasteiger partial charge in [0.05, 0.1) is 0 Å². The molecule has 0 saturated heterocycles. The standard InChI is InChI=1S/3BrH.3ClH.3Ti/h6*1H;;;/q;;;;;;3*+2/p-6. The van der Waals surface area contributed by atoms with Crippen LogP contribution < -0.4 is 0 Å². The second-order valence-electron chi connectivity index (χ2n) is 0.214. The molecule has 0 bridgehead atoms. The Morgan fingerprint density at radius 2 is 0.667 bits per heavy atom. The summed E-state index contributed by atoms with van der Waals surface area (Å²) >= 11 is 8.46. The van der Waals surface area contributed by atoms with Gasteiger partial charge in [0.1, 0.15) is 0 Å². The van der Waals surface area contributed by atoms with E-state index in [0.717, 1.165) is 0 Å². The van der Waals surface area contributed by atoms with Crippen molar-refractivity contribution in [3.8, 4) is 0 Å². The normalized spacial score (nSPS) is 4.67. The summed E-state index contributed by atoms with van der Waals surface area (Å²) in [6.07, 6.45) is 0. The van der Waals surface area contributed by atoms with Crippen molar-refractivity contribution in [1.29, 1.82) is 0 Å². The summed E-state index contributed by atoms with van der Waals surface area (Å²) in [7, 11) is 15.1. The zero-order chi connectivity index (χ0) is 8.12. The van der Waals surface area contributed by atoms with E-state index in [2.05, 4.69) is 39.5 Å². The predicted molar refractivity (Wildman–Crippen MR) is 44.3 cm³/mol. The van der Waals surface area contributed by atoms with Crippen molar-refractivity contribution < 1.29 is 48.0 Å². The van der Waals surface area contributed by atoms with E-state index in [1.165, 1.54) is 0 Å². The van der Waals surface area contributed by atoms with Gasteiger partial charge in [0.25, 0.3) is 0 Å². The molecule has 0 spiro atoms. The Balaban J connectivity index is -0.0000000600. The van der Waals surface area contributed by atoms with E-state index in [1.807, 2.05) is 0 Å². The fourth-order valence-corrected chi connectivity index (χ4v) is 0. The third-order valence-electron chi connectivity index (χ3n) is 0. The molecule has 9 heteroatoms. The topological polar surface area (TPSA) is 0 Å². The van der Waals surface area contributed by atoms with E-state index in [9.17, 15) is 0 Å². The Morgan fingerprint density at radius 1 is 0.667 bits per heavy atom. The maximum absolute atomic E-state index is 5.04. The summed E-state index contributed by atoms with van der Waals surface area (Å²) in [6.45, 7) is 0. The Labute approximate surface area is 112 Å². The van der Waals surface area contributed by atoms with E-state index in [-0.39, 0.29) is 48.0 Å². The van der Waals surface area contributed by atoms with E-state index >= 15 is 0 Å². The molecule has 0 aliphatic rings. The summed E-state index contributed by atoms with van der Waals surface area (Å²) in [5.74, 6) is 0. The van der Waals surface area contributed by atoms with Crippen LogP contribution in [-0.2, 0) is 48.0 Å². The van der Waals surface area contributed by atoms with Crippen LogP contribution in [0.15, 0.2) is 0 Å². The fourth-order valence-electron chi connectivity index (χ4n) is 0. The minimum atomic E-state index is -0.215. The molecule has 54 valence electrons. The van der Waals surface area contributed by atoms with Crippen LogP contribution in [0, 0.1) is 0 Å². The van der Waals surface area contributed by atoms with Gasteiger partial charge in [0.15, 0.2) is 0 Å². The van der Waals surface area contributed by atoms with Crippen molar-refractivity contribution in [3.05, 3.63) is 0 Å². The third kappa shape index (κ3) is 68.6. The molecule has 0 nitrogen and oxygen atoms in total. The Bertz CT molecular complexity index is 19.0. The van der Waals surface area contributed by atoms with E-state index in [4.69, 9.17) is 27.9 Å². The molecule has 0 aromatic rings. The third-order valence-corrected chi connectivity index (χ3v) is 0. The molecule has 0 rings (SSSR count). The molecule has 9 heavy (non-hydrogen) atoms. The molecule has 0 heterocycles. The van der Waals surface area contributed by atoms with Gasteiger partial charge < -0.3 is 0 Å². The molecule has 0 aromatic heterocycles. The predicted octanol–water partition coefficient (Wildman–Crippen LogP) is 4.60. The van der Waals surface area contributed by atoms with Gasteiger partial charge in [-0.05, 0) is 0 Å². The van der Waals surface area contributed by atoms with Gasteiger partial charge in [-0.1, -0.05) is 0 Å². The van der Waals surface area contributed by atoms with Crippen LogP contribution in [0.5, 0.6) is 0 Å². The van der Waals surface area contributed by atoms with Gasteiger partial charge >= 0.3 is 115 Å². The number of hydrogen-bond acceptors (Lipinski definition) is 0. The van der Waals surface area contributed by atoms with Gasteiger partial charge in [-0.2, -0.15) is 0 Å². The molecule has 0 atom stereocenters. The first kappa shape index (κ1) is 19.1. The molecule has 0 aliphatic heterocycles. The van der Waals surface area contributed by atoms with Crippen molar-refractivity contribution in [1.82, 2.24) is 0 Å². The first-order valence-corrected chi connectivity index (χ1v) is 19.2. The molecular weight excluding hydrogens is 490 g/mol. The van der Waals surface area contributed by atoms with Crippen LogP contribution in [0.2, 0.25) is 0 Å². The van der Waals surface area contributed by atoms with Crippen LogP contribution in [0.25, 0.3) is 0 Å². The summed E-state index contributed by atoms with van der Waals surface area (Å²) < 4.78 is 0. The summed E-state index contributed by atoms with van der Waals surface area (Å²) in [4.78, 5) is 0. The second kappa shape index (κ2) is 29.4. The van der Waals surface area contributed by atoms with Crippen LogP contribution in [-0.4, -0.2) is 0 Å². The molecule has 0 saturated carbocycles.